The Balaban J connectivity index is 2.98. The van der Waals surface area contributed by atoms with Gasteiger partial charge in [-0.25, -0.2) is 9.97 Å². The van der Waals surface area contributed by atoms with Crippen molar-refractivity contribution in [2.75, 3.05) is 13.2 Å². The van der Waals surface area contributed by atoms with E-state index in [1.54, 1.807) is 0 Å². The summed E-state index contributed by atoms with van der Waals surface area (Å²) in [5.74, 6) is 1.47. The van der Waals surface area contributed by atoms with Gasteiger partial charge in [-0.05, 0) is 45.2 Å². The van der Waals surface area contributed by atoms with Crippen LogP contribution in [0.25, 0.3) is 0 Å². The highest BCUT2D eigenvalue weighted by Crippen LogP contribution is 2.30. The molecule has 1 aromatic rings. The molecule has 0 fully saturated rings. The molecule has 0 aliphatic carbocycles. The Morgan fingerprint density at radius 3 is 2.38 bits per heavy atom. The highest BCUT2D eigenvalue weighted by atomic mass is 16.5. The maximum Gasteiger partial charge on any atom is 0.160 e. The largest absolute Gasteiger partial charge is 0.367 e. The first-order valence-electron chi connectivity index (χ1n) is 8.17. The Kier molecular flexibility index (Phi) is 7.26. The molecule has 0 spiro atoms. The van der Waals surface area contributed by atoms with E-state index < -0.39 is 0 Å². The second-order valence-corrected chi connectivity index (χ2v) is 5.98. The molecular weight excluding hydrogens is 262 g/mol. The highest BCUT2D eigenvalue weighted by Gasteiger charge is 2.32. The van der Waals surface area contributed by atoms with Gasteiger partial charge in [0.25, 0.3) is 0 Å². The Labute approximate surface area is 129 Å². The van der Waals surface area contributed by atoms with Crippen molar-refractivity contribution in [3.8, 4) is 0 Å². The first-order valence-corrected chi connectivity index (χ1v) is 8.17. The lowest BCUT2D eigenvalue weighted by molar-refractivity contribution is -0.0574. The van der Waals surface area contributed by atoms with Crippen LogP contribution in [0.4, 0.5) is 0 Å². The van der Waals surface area contributed by atoms with Gasteiger partial charge in [0, 0.05) is 18.8 Å². The van der Waals surface area contributed by atoms with Crippen LogP contribution in [0.2, 0.25) is 0 Å². The fraction of sp³-hybridized carbons (Fsp3) is 0.765. The van der Waals surface area contributed by atoms with Crippen LogP contribution in [0.5, 0.6) is 0 Å². The molecule has 0 atom stereocenters. The van der Waals surface area contributed by atoms with Crippen LogP contribution >= 0.6 is 0 Å². The molecule has 0 saturated carbocycles. The standard InChI is InChI=1S/C17H31N3O/c1-7-17(8-2,21-9-3)16-19-14(6)10-15(20-16)12-18-11-13(4)5/h10,13,18H,7-9,11-12H2,1-6H3. The molecule has 1 heterocycles. The molecule has 21 heavy (non-hydrogen) atoms. The second-order valence-electron chi connectivity index (χ2n) is 5.98. The van der Waals surface area contributed by atoms with Crippen molar-refractivity contribution < 1.29 is 4.74 Å². The van der Waals surface area contributed by atoms with E-state index in [4.69, 9.17) is 9.72 Å². The lowest BCUT2D eigenvalue weighted by atomic mass is 9.95. The average Bonchev–Trinajstić information content (AvgIpc) is 2.44. The van der Waals surface area contributed by atoms with Crippen LogP contribution in [0.1, 0.15) is 64.7 Å². The van der Waals surface area contributed by atoms with Gasteiger partial charge in [-0.3, -0.25) is 0 Å². The van der Waals surface area contributed by atoms with E-state index >= 15 is 0 Å². The fourth-order valence-electron chi connectivity index (χ4n) is 2.53. The van der Waals surface area contributed by atoms with Gasteiger partial charge >= 0.3 is 0 Å². The van der Waals surface area contributed by atoms with Crippen molar-refractivity contribution in [2.45, 2.75) is 66.5 Å². The van der Waals surface area contributed by atoms with Gasteiger partial charge in [-0.15, -0.1) is 0 Å². The maximum atomic E-state index is 6.02. The Morgan fingerprint density at radius 1 is 1.19 bits per heavy atom. The predicted octanol–water partition coefficient (Wildman–Crippen LogP) is 3.58. The third kappa shape index (κ3) is 5.04. The molecule has 1 aromatic heterocycles. The first-order chi connectivity index (χ1) is 9.97. The molecule has 0 aliphatic rings. The number of ether oxygens (including phenoxy) is 1. The molecule has 4 heteroatoms. The Bertz CT molecular complexity index is 428. The number of aromatic nitrogens is 2. The summed E-state index contributed by atoms with van der Waals surface area (Å²) in [4.78, 5) is 9.41. The van der Waals surface area contributed by atoms with Crippen molar-refractivity contribution in [1.29, 1.82) is 0 Å². The molecule has 0 aromatic carbocycles. The van der Waals surface area contributed by atoms with Crippen LogP contribution in [-0.4, -0.2) is 23.1 Å². The molecule has 4 nitrogen and oxygen atoms in total. The molecule has 0 amide bonds. The third-order valence-electron chi connectivity index (χ3n) is 3.74. The normalized spacial score (nSPS) is 12.1. The van der Waals surface area contributed by atoms with E-state index in [1.807, 2.05) is 13.8 Å². The van der Waals surface area contributed by atoms with E-state index in [9.17, 15) is 0 Å². The fourth-order valence-corrected chi connectivity index (χ4v) is 2.53. The number of hydrogen-bond acceptors (Lipinski definition) is 4. The van der Waals surface area contributed by atoms with Gasteiger partial charge in [0.05, 0.1) is 5.69 Å². The lowest BCUT2D eigenvalue weighted by Gasteiger charge is -2.30. The van der Waals surface area contributed by atoms with Gasteiger partial charge in [-0.2, -0.15) is 0 Å². The molecule has 0 radical (unpaired) electrons. The third-order valence-corrected chi connectivity index (χ3v) is 3.74. The summed E-state index contributed by atoms with van der Waals surface area (Å²) < 4.78 is 6.02. The minimum Gasteiger partial charge on any atom is -0.367 e. The van der Waals surface area contributed by atoms with E-state index in [0.717, 1.165) is 43.1 Å². The molecule has 1 N–H and O–H groups in total. The van der Waals surface area contributed by atoms with Crippen molar-refractivity contribution in [3.63, 3.8) is 0 Å². The van der Waals surface area contributed by atoms with Crippen LogP contribution in [0.3, 0.4) is 0 Å². The SMILES string of the molecule is CCOC(CC)(CC)c1nc(C)cc(CNCC(C)C)n1. The lowest BCUT2D eigenvalue weighted by Crippen LogP contribution is -2.32. The van der Waals surface area contributed by atoms with Crippen LogP contribution in [0.15, 0.2) is 6.07 Å². The number of rotatable bonds is 9. The molecule has 0 aliphatic heterocycles. The van der Waals surface area contributed by atoms with Gasteiger partial charge in [-0.1, -0.05) is 27.7 Å². The van der Waals surface area contributed by atoms with E-state index in [-0.39, 0.29) is 5.60 Å². The van der Waals surface area contributed by atoms with E-state index in [0.29, 0.717) is 12.5 Å². The summed E-state index contributed by atoms with van der Waals surface area (Å²) in [5.41, 5.74) is 1.70. The quantitative estimate of drug-likeness (QED) is 0.756. The van der Waals surface area contributed by atoms with Gasteiger partial charge in [0.15, 0.2) is 5.82 Å². The summed E-state index contributed by atoms with van der Waals surface area (Å²) in [7, 11) is 0. The Morgan fingerprint density at radius 2 is 1.86 bits per heavy atom. The highest BCUT2D eigenvalue weighted by molar-refractivity contribution is 5.14. The maximum absolute atomic E-state index is 6.02. The average molecular weight is 293 g/mol. The van der Waals surface area contributed by atoms with Crippen molar-refractivity contribution in [1.82, 2.24) is 15.3 Å². The van der Waals surface area contributed by atoms with Gasteiger partial charge < -0.3 is 10.1 Å². The first kappa shape index (κ1) is 18.1. The summed E-state index contributed by atoms with van der Waals surface area (Å²) in [5, 5.41) is 3.44. The zero-order valence-electron chi connectivity index (χ0n) is 14.5. The topological polar surface area (TPSA) is 47.0 Å². The molecule has 0 bridgehead atoms. The van der Waals surface area contributed by atoms with Crippen molar-refractivity contribution in [3.05, 3.63) is 23.3 Å². The number of hydrogen-bond donors (Lipinski definition) is 1. The van der Waals surface area contributed by atoms with Gasteiger partial charge in [0.1, 0.15) is 5.60 Å². The van der Waals surface area contributed by atoms with Crippen LogP contribution in [-0.2, 0) is 16.9 Å². The molecule has 0 saturated heterocycles. The molecule has 0 unspecified atom stereocenters. The molecule has 1 rings (SSSR count). The zero-order valence-corrected chi connectivity index (χ0v) is 14.5. The molecular formula is C17H31N3O. The van der Waals surface area contributed by atoms with Crippen LogP contribution in [0, 0.1) is 12.8 Å². The molecule has 120 valence electrons. The second kappa shape index (κ2) is 8.44. The smallest absolute Gasteiger partial charge is 0.160 e. The van der Waals surface area contributed by atoms with Crippen molar-refractivity contribution >= 4 is 0 Å². The number of nitrogens with one attached hydrogen (secondary N) is 1. The van der Waals surface area contributed by atoms with E-state index in [1.165, 1.54) is 0 Å². The summed E-state index contributed by atoms with van der Waals surface area (Å²) >= 11 is 0. The number of aryl methyl sites for hydroxylation is 1. The minimum atomic E-state index is -0.354. The van der Waals surface area contributed by atoms with Gasteiger partial charge in [0.2, 0.25) is 0 Å². The zero-order chi connectivity index (χ0) is 15.9. The summed E-state index contributed by atoms with van der Waals surface area (Å²) in [6.07, 6.45) is 1.78. The minimum absolute atomic E-state index is 0.354. The Hall–Kier alpha value is -1.00. The summed E-state index contributed by atoms with van der Waals surface area (Å²) in [6.45, 7) is 15.2. The van der Waals surface area contributed by atoms with E-state index in [2.05, 4.69) is 44.1 Å². The summed E-state index contributed by atoms with van der Waals surface area (Å²) in [6, 6.07) is 2.05. The predicted molar refractivity (Wildman–Crippen MR) is 87.2 cm³/mol. The van der Waals surface area contributed by atoms with Crippen molar-refractivity contribution in [2.24, 2.45) is 5.92 Å². The van der Waals surface area contributed by atoms with Crippen LogP contribution < -0.4 is 5.32 Å². The monoisotopic (exact) mass is 293 g/mol. The number of nitrogens with zero attached hydrogens (tertiary/aromatic N) is 2.